The molecule has 4 aromatic rings. The number of nitrogens with zero attached hydrogens (tertiary/aromatic N) is 3. The number of nitrogens with one attached hydrogen (secondary N) is 2. The monoisotopic (exact) mass is 537 g/mol. The minimum Gasteiger partial charge on any atom is -0.368 e. The minimum atomic E-state index is -3.57. The van der Waals surface area contributed by atoms with Crippen molar-refractivity contribution in [1.82, 2.24) is 15.0 Å². The van der Waals surface area contributed by atoms with Gasteiger partial charge in [-0.05, 0) is 74.4 Å². The molecule has 0 radical (unpaired) electrons. The number of halogens is 1. The van der Waals surface area contributed by atoms with Crippen LogP contribution in [0.2, 0.25) is 5.02 Å². The summed E-state index contributed by atoms with van der Waals surface area (Å²) < 4.78 is 25.2. The molecular weight excluding hydrogens is 509 g/mol. The van der Waals surface area contributed by atoms with Crippen LogP contribution in [0, 0.1) is 6.92 Å². The van der Waals surface area contributed by atoms with Gasteiger partial charge in [0.25, 0.3) is 0 Å². The van der Waals surface area contributed by atoms with E-state index in [1.54, 1.807) is 44.6 Å². The molecule has 2 heterocycles. The molecule has 10 heteroatoms. The molecule has 1 atom stereocenters. The highest BCUT2D eigenvalue weighted by molar-refractivity contribution is 7.54. The molecule has 8 nitrogen and oxygen atoms in total. The van der Waals surface area contributed by atoms with Gasteiger partial charge >= 0.3 is 7.60 Å². The summed E-state index contributed by atoms with van der Waals surface area (Å²) in [5, 5.41) is 7.25. The lowest BCUT2D eigenvalue weighted by Crippen LogP contribution is -2.15. The summed E-state index contributed by atoms with van der Waals surface area (Å²) >= 11 is 6.10. The summed E-state index contributed by atoms with van der Waals surface area (Å²) in [5.41, 5.74) is 4.89. The van der Waals surface area contributed by atoms with Crippen molar-refractivity contribution >= 4 is 36.5 Å². The van der Waals surface area contributed by atoms with Gasteiger partial charge in [-0.3, -0.25) is 9.55 Å². The Morgan fingerprint density at radius 3 is 2.43 bits per heavy atom. The van der Waals surface area contributed by atoms with Crippen molar-refractivity contribution in [3.63, 3.8) is 0 Å². The number of hydrogen-bond acceptors (Lipinski definition) is 8. The molecule has 0 aliphatic heterocycles. The van der Waals surface area contributed by atoms with Gasteiger partial charge in [0, 0.05) is 40.6 Å². The van der Waals surface area contributed by atoms with Gasteiger partial charge in [-0.25, -0.2) is 9.97 Å². The second-order valence-corrected chi connectivity index (χ2v) is 10.7. The second-order valence-electron chi connectivity index (χ2n) is 8.14. The summed E-state index contributed by atoms with van der Waals surface area (Å²) in [6.07, 6.45) is 5.18. The first-order valence-electron chi connectivity index (χ1n) is 11.9. The van der Waals surface area contributed by atoms with Crippen LogP contribution >= 0.6 is 19.2 Å². The smallest absolute Gasteiger partial charge is 0.357 e. The molecule has 2 aromatic heterocycles. The number of rotatable bonds is 11. The van der Waals surface area contributed by atoms with E-state index in [-0.39, 0.29) is 13.2 Å². The van der Waals surface area contributed by atoms with Crippen molar-refractivity contribution in [3.05, 3.63) is 95.4 Å². The number of aryl methyl sites for hydroxylation is 1. The first kappa shape index (κ1) is 26.8. The molecule has 4 rings (SSSR count). The lowest BCUT2D eigenvalue weighted by atomic mass is 10.1. The Balaban J connectivity index is 1.65. The zero-order valence-electron chi connectivity index (χ0n) is 20.9. The van der Waals surface area contributed by atoms with Crippen LogP contribution in [-0.4, -0.2) is 28.2 Å². The molecule has 0 spiro atoms. The summed E-state index contributed by atoms with van der Waals surface area (Å²) in [7, 11) is -3.57. The predicted molar refractivity (Wildman–Crippen MR) is 148 cm³/mol. The van der Waals surface area contributed by atoms with E-state index in [1.807, 2.05) is 55.5 Å². The highest BCUT2D eigenvalue weighted by Crippen LogP contribution is 2.60. The third-order valence-electron chi connectivity index (χ3n) is 5.52. The van der Waals surface area contributed by atoms with E-state index in [0.717, 1.165) is 33.8 Å². The Kier molecular flexibility index (Phi) is 8.90. The fourth-order valence-electron chi connectivity index (χ4n) is 3.76. The summed E-state index contributed by atoms with van der Waals surface area (Å²) in [4.78, 5) is 13.2. The lowest BCUT2D eigenvalue weighted by Gasteiger charge is -2.28. The number of hydrogen-bond donors (Lipinski definition) is 2. The number of benzene rings is 2. The SMILES string of the molecule is CCOP(=O)(OCC)C(Nc1ccc(C)c(Nc2nccc(-c3cccnc3)n2)c1)c1ccc(Cl)cc1. The highest BCUT2D eigenvalue weighted by Gasteiger charge is 2.37. The standard InChI is InChI=1S/C27H29ClN5O3P/c1-4-35-37(34,36-5-2)26(20-9-11-22(28)12-10-20)31-23-13-8-19(3)25(17-23)33-27-30-16-14-24(32-27)21-7-6-15-29-18-21/h6-18,26,31H,4-5H2,1-3H3,(H,30,32,33). The molecular formula is C27H29ClN5O3P. The minimum absolute atomic E-state index is 0.244. The van der Waals surface area contributed by atoms with Crippen molar-refractivity contribution in [3.8, 4) is 11.3 Å². The summed E-state index contributed by atoms with van der Waals surface area (Å²) in [6.45, 7) is 6.05. The molecule has 2 aromatic carbocycles. The number of anilines is 3. The van der Waals surface area contributed by atoms with Crippen LogP contribution in [0.5, 0.6) is 0 Å². The molecule has 0 fully saturated rings. The first-order chi connectivity index (χ1) is 17.9. The third-order valence-corrected chi connectivity index (χ3v) is 8.07. The van der Waals surface area contributed by atoms with Crippen LogP contribution in [0.3, 0.4) is 0 Å². The van der Waals surface area contributed by atoms with Crippen LogP contribution in [-0.2, 0) is 13.6 Å². The Morgan fingerprint density at radius 1 is 1.00 bits per heavy atom. The summed E-state index contributed by atoms with van der Waals surface area (Å²) in [5.74, 6) is -0.296. The maximum Gasteiger partial charge on any atom is 0.357 e. The van der Waals surface area contributed by atoms with Crippen molar-refractivity contribution in [2.75, 3.05) is 23.8 Å². The van der Waals surface area contributed by atoms with E-state index in [4.69, 9.17) is 20.6 Å². The lowest BCUT2D eigenvalue weighted by molar-refractivity contribution is 0.214. The van der Waals surface area contributed by atoms with Crippen molar-refractivity contribution in [2.24, 2.45) is 0 Å². The molecule has 0 bridgehead atoms. The number of aromatic nitrogens is 3. The molecule has 0 amide bonds. The van der Waals surface area contributed by atoms with Crippen molar-refractivity contribution in [2.45, 2.75) is 26.6 Å². The Morgan fingerprint density at radius 2 is 1.76 bits per heavy atom. The molecule has 0 saturated heterocycles. The average molecular weight is 538 g/mol. The predicted octanol–water partition coefficient (Wildman–Crippen LogP) is 7.62. The molecule has 1 unspecified atom stereocenters. The highest BCUT2D eigenvalue weighted by atomic mass is 35.5. The quantitative estimate of drug-likeness (QED) is 0.188. The molecule has 192 valence electrons. The average Bonchev–Trinajstić information content (AvgIpc) is 2.90. The van der Waals surface area contributed by atoms with Crippen LogP contribution < -0.4 is 10.6 Å². The zero-order chi connectivity index (χ0) is 26.3. The van der Waals surface area contributed by atoms with Crippen LogP contribution in [0.25, 0.3) is 11.3 Å². The van der Waals surface area contributed by atoms with Gasteiger partial charge < -0.3 is 19.7 Å². The summed E-state index contributed by atoms with van der Waals surface area (Å²) in [6, 6.07) is 18.6. The van der Waals surface area contributed by atoms with E-state index >= 15 is 0 Å². The molecule has 0 aliphatic rings. The van der Waals surface area contributed by atoms with Crippen LogP contribution in [0.4, 0.5) is 17.3 Å². The zero-order valence-corrected chi connectivity index (χ0v) is 22.5. The molecule has 0 saturated carbocycles. The molecule has 0 aliphatic carbocycles. The van der Waals surface area contributed by atoms with Gasteiger partial charge in [0.05, 0.1) is 18.9 Å². The van der Waals surface area contributed by atoms with Gasteiger partial charge in [-0.1, -0.05) is 29.8 Å². The maximum absolute atomic E-state index is 13.8. The van der Waals surface area contributed by atoms with Gasteiger partial charge in [0.2, 0.25) is 5.95 Å². The fraction of sp³-hybridized carbons (Fsp3) is 0.222. The van der Waals surface area contributed by atoms with Gasteiger partial charge in [0.15, 0.2) is 5.78 Å². The Labute approximate surface area is 222 Å². The molecule has 37 heavy (non-hydrogen) atoms. The van der Waals surface area contributed by atoms with E-state index in [2.05, 4.69) is 25.6 Å². The van der Waals surface area contributed by atoms with E-state index < -0.39 is 13.4 Å². The maximum atomic E-state index is 13.8. The number of pyridine rings is 1. The van der Waals surface area contributed by atoms with E-state index in [0.29, 0.717) is 11.0 Å². The van der Waals surface area contributed by atoms with Gasteiger partial charge in [0.1, 0.15) is 0 Å². The van der Waals surface area contributed by atoms with Crippen molar-refractivity contribution < 1.29 is 13.6 Å². The third kappa shape index (κ3) is 6.73. The fourth-order valence-corrected chi connectivity index (χ4v) is 5.82. The Hall–Kier alpha value is -3.29. The largest absolute Gasteiger partial charge is 0.368 e. The van der Waals surface area contributed by atoms with E-state index in [1.165, 1.54) is 0 Å². The van der Waals surface area contributed by atoms with Gasteiger partial charge in [-0.15, -0.1) is 0 Å². The second kappa shape index (κ2) is 12.3. The van der Waals surface area contributed by atoms with Gasteiger partial charge in [-0.2, -0.15) is 0 Å². The van der Waals surface area contributed by atoms with Crippen LogP contribution in [0.15, 0.2) is 79.3 Å². The van der Waals surface area contributed by atoms with Crippen molar-refractivity contribution in [1.29, 1.82) is 0 Å². The first-order valence-corrected chi connectivity index (χ1v) is 13.9. The van der Waals surface area contributed by atoms with Crippen LogP contribution in [0.1, 0.15) is 30.8 Å². The topological polar surface area (TPSA) is 98.3 Å². The van der Waals surface area contributed by atoms with E-state index in [9.17, 15) is 4.57 Å². The normalized spacial score (nSPS) is 12.2. The Bertz CT molecular complexity index is 1360. The molecule has 2 N–H and O–H groups in total.